The van der Waals surface area contributed by atoms with Crippen LogP contribution in [0.25, 0.3) is 0 Å². The second-order valence-corrected chi connectivity index (χ2v) is 11.6. The Morgan fingerprint density at radius 2 is 1.84 bits per heavy atom. The lowest BCUT2D eigenvalue weighted by Crippen LogP contribution is -2.83. The highest BCUT2D eigenvalue weighted by Crippen LogP contribution is 2.71. The SMILES string of the molecule is CCC[N@+]12[C@H](O)[C@@H](CC)[C@@H]3C[C@H]1[C@@H]1N(C)c4ccccc4[C@]14C[C@H]2[C@H]3C4O.O=C([O-])[C@@H](O)[C@@H](O)C(=O)O. The molecule has 37 heavy (non-hydrogen) atoms. The van der Waals surface area contributed by atoms with Crippen molar-refractivity contribution >= 4 is 17.6 Å². The van der Waals surface area contributed by atoms with Gasteiger partial charge in [-0.25, -0.2) is 4.79 Å². The van der Waals surface area contributed by atoms with Gasteiger partial charge in [-0.05, 0) is 30.4 Å². The Bertz CT molecular complexity index is 1070. The van der Waals surface area contributed by atoms with Gasteiger partial charge in [0.15, 0.2) is 12.3 Å². The van der Waals surface area contributed by atoms with Gasteiger partial charge in [-0.1, -0.05) is 32.0 Å². The molecule has 1 aromatic rings. The lowest BCUT2D eigenvalue weighted by Gasteiger charge is -2.68. The van der Waals surface area contributed by atoms with Crippen molar-refractivity contribution in [1.29, 1.82) is 0 Å². The Hall–Kier alpha value is -2.24. The number of rotatable bonds is 6. The maximum Gasteiger partial charge on any atom is 0.335 e. The number of aliphatic hydroxyl groups is 4. The van der Waals surface area contributed by atoms with Gasteiger partial charge in [0.2, 0.25) is 0 Å². The van der Waals surface area contributed by atoms with Crippen molar-refractivity contribution < 1.29 is 44.7 Å². The minimum atomic E-state index is -2.38. The molecule has 5 N–H and O–H groups in total. The quantitative estimate of drug-likeness (QED) is 0.298. The van der Waals surface area contributed by atoms with Gasteiger partial charge in [-0.3, -0.25) is 4.48 Å². The van der Waals surface area contributed by atoms with E-state index in [1.54, 1.807) is 0 Å². The molecule has 0 radical (unpaired) electrons. The molecule has 1 aromatic carbocycles. The number of nitrogens with zero attached hydrogens (tertiary/aromatic N) is 2. The second kappa shape index (κ2) is 8.91. The molecule has 1 saturated carbocycles. The van der Waals surface area contributed by atoms with Crippen LogP contribution in [0.4, 0.5) is 5.69 Å². The van der Waals surface area contributed by atoms with Gasteiger partial charge in [0.1, 0.15) is 12.1 Å². The smallest absolute Gasteiger partial charge is 0.335 e. The van der Waals surface area contributed by atoms with Crippen LogP contribution in [0.3, 0.4) is 0 Å². The van der Waals surface area contributed by atoms with Gasteiger partial charge in [0.25, 0.3) is 0 Å². The second-order valence-electron chi connectivity index (χ2n) is 11.6. The predicted molar refractivity (Wildman–Crippen MR) is 130 cm³/mol. The molecule has 10 heteroatoms. The van der Waals surface area contributed by atoms with Crippen molar-refractivity contribution in [3.63, 3.8) is 0 Å². The van der Waals surface area contributed by atoms with Gasteiger partial charge in [0, 0.05) is 37.4 Å². The van der Waals surface area contributed by atoms with Crippen LogP contribution >= 0.6 is 0 Å². The van der Waals surface area contributed by atoms with E-state index < -0.39 is 24.1 Å². The topological polar surface area (TPSA) is 162 Å². The highest BCUT2D eigenvalue weighted by Gasteiger charge is 2.82. The van der Waals surface area contributed by atoms with E-state index >= 15 is 0 Å². The molecule has 204 valence electrons. The van der Waals surface area contributed by atoms with Crippen molar-refractivity contribution in [2.24, 2.45) is 17.8 Å². The summed E-state index contributed by atoms with van der Waals surface area (Å²) in [5.41, 5.74) is 2.56. The number of anilines is 1. The molecule has 6 aliphatic rings. The molecule has 5 fully saturated rings. The Morgan fingerprint density at radius 3 is 2.41 bits per heavy atom. The summed E-state index contributed by atoms with van der Waals surface area (Å²) < 4.78 is 0.873. The molecular formula is C27H38N2O8. The zero-order valence-corrected chi connectivity index (χ0v) is 21.5. The van der Waals surface area contributed by atoms with Crippen molar-refractivity contribution in [2.45, 2.75) is 87.6 Å². The number of carboxylic acids is 2. The minimum absolute atomic E-state index is 0.127. The number of carbonyl (C=O) groups is 2. The number of carbonyl (C=O) groups excluding carboxylic acids is 1. The van der Waals surface area contributed by atoms with Crippen molar-refractivity contribution in [3.05, 3.63) is 29.8 Å². The zero-order valence-electron chi connectivity index (χ0n) is 21.5. The monoisotopic (exact) mass is 518 g/mol. The Morgan fingerprint density at radius 1 is 1.16 bits per heavy atom. The molecule has 5 heterocycles. The number of quaternary nitrogens is 1. The third kappa shape index (κ3) is 3.16. The number of fused-ring (bicyclic) bond motifs is 2. The molecule has 0 aromatic heterocycles. The molecule has 1 unspecified atom stereocenters. The largest absolute Gasteiger partial charge is 0.547 e. The maximum atomic E-state index is 11.9. The molecule has 0 amide bonds. The fraction of sp³-hybridized carbons (Fsp3) is 0.704. The lowest BCUT2D eigenvalue weighted by molar-refractivity contribution is -1.04. The number of likely N-dealkylation sites (N-methyl/N-ethyl adjacent to an activating group) is 1. The van der Waals surface area contributed by atoms with Crippen LogP contribution < -0.4 is 10.0 Å². The summed E-state index contributed by atoms with van der Waals surface area (Å²) in [7, 11) is 2.23. The predicted octanol–water partition coefficient (Wildman–Crippen LogP) is -0.978. The van der Waals surface area contributed by atoms with Crippen molar-refractivity contribution in [3.8, 4) is 0 Å². The van der Waals surface area contributed by atoms with E-state index in [0.717, 1.165) is 30.3 Å². The number of aliphatic hydroxyl groups excluding tert-OH is 4. The molecule has 4 saturated heterocycles. The summed E-state index contributed by atoms with van der Waals surface area (Å²) in [6, 6.07) is 9.97. The zero-order chi connectivity index (χ0) is 27.0. The van der Waals surface area contributed by atoms with Crippen LogP contribution in [-0.4, -0.2) is 98.2 Å². The molecule has 10 nitrogen and oxygen atoms in total. The number of carboxylic acid groups (broad SMARTS) is 2. The van der Waals surface area contributed by atoms with E-state index in [1.165, 1.54) is 17.7 Å². The van der Waals surface area contributed by atoms with Crippen LogP contribution in [-0.2, 0) is 15.0 Å². The van der Waals surface area contributed by atoms with Gasteiger partial charge in [0.05, 0.1) is 36.1 Å². The molecule has 5 bridgehead atoms. The molecule has 7 rings (SSSR count). The average Bonchev–Trinajstić information content (AvgIpc) is 3.26. The molecule has 12 atom stereocenters. The van der Waals surface area contributed by atoms with E-state index in [0.29, 0.717) is 35.9 Å². The fourth-order valence-electron chi connectivity index (χ4n) is 9.49. The summed E-state index contributed by atoms with van der Waals surface area (Å²) in [6.07, 6.45) is -0.869. The number of para-hydroxylation sites is 1. The summed E-state index contributed by atoms with van der Waals surface area (Å²) in [5.74, 6) is -2.65. The molecule has 1 aliphatic carbocycles. The molecule has 1 spiro atoms. The van der Waals surface area contributed by atoms with Gasteiger partial charge in [-0.15, -0.1) is 0 Å². The third-order valence-electron chi connectivity index (χ3n) is 10.5. The van der Waals surface area contributed by atoms with Crippen molar-refractivity contribution in [1.82, 2.24) is 0 Å². The number of aliphatic carboxylic acids is 2. The highest BCUT2D eigenvalue weighted by molar-refractivity contribution is 5.82. The normalized spacial score (nSPS) is 43.5. The summed E-state index contributed by atoms with van der Waals surface area (Å²) in [4.78, 5) is 21.9. The third-order valence-corrected chi connectivity index (χ3v) is 10.5. The number of hydrogen-bond acceptors (Lipinski definition) is 8. The van der Waals surface area contributed by atoms with Crippen LogP contribution in [0.5, 0.6) is 0 Å². The first kappa shape index (κ1) is 26.4. The Labute approximate surface area is 216 Å². The summed E-state index contributed by atoms with van der Waals surface area (Å²) in [5, 5.41) is 57.7. The first-order chi connectivity index (χ1) is 17.5. The number of benzene rings is 1. The Kier molecular flexibility index (Phi) is 6.35. The highest BCUT2D eigenvalue weighted by atomic mass is 16.4. The van der Waals surface area contributed by atoms with Gasteiger partial charge < -0.3 is 40.3 Å². The van der Waals surface area contributed by atoms with Crippen LogP contribution in [0, 0.1) is 17.8 Å². The first-order valence-corrected chi connectivity index (χ1v) is 13.4. The van der Waals surface area contributed by atoms with E-state index in [9.17, 15) is 24.9 Å². The van der Waals surface area contributed by atoms with E-state index in [1.807, 2.05) is 0 Å². The molecular weight excluding hydrogens is 480 g/mol. The van der Waals surface area contributed by atoms with Crippen LogP contribution in [0.15, 0.2) is 24.3 Å². The Balaban J connectivity index is 0.000000241. The van der Waals surface area contributed by atoms with Gasteiger partial charge in [-0.2, -0.15) is 0 Å². The standard InChI is InChI=1S/C23H33N2O2.C4H6O6/c1-4-10-25-17-11-14(13(5-2)22(25)27)19-18(25)12-23(21(19)26)15-8-6-7-9-16(15)24(3)20(17)23;5-1(3(7)8)2(6)4(9)10/h6-9,13-14,17-22,26-27H,4-5,10-12H2,1-3H3;1-2,5-6H,(H,7,8)(H,9,10)/q+1;/p-1/t13-,14-,17-,18-,19-,20-,21?,22+,23+,25-;1-,2+/m0./s1. The maximum absolute atomic E-state index is 11.9. The minimum Gasteiger partial charge on any atom is -0.547 e. The van der Waals surface area contributed by atoms with E-state index in [2.05, 4.69) is 50.1 Å². The van der Waals surface area contributed by atoms with Crippen molar-refractivity contribution in [2.75, 3.05) is 18.5 Å². The summed E-state index contributed by atoms with van der Waals surface area (Å²) in [6.45, 7) is 5.56. The fourth-order valence-corrected chi connectivity index (χ4v) is 9.49. The van der Waals surface area contributed by atoms with Crippen LogP contribution in [0.1, 0.15) is 45.1 Å². The first-order valence-electron chi connectivity index (χ1n) is 13.4. The summed E-state index contributed by atoms with van der Waals surface area (Å²) >= 11 is 0. The number of hydrogen-bond donors (Lipinski definition) is 5. The lowest BCUT2D eigenvalue weighted by atomic mass is 9.60. The van der Waals surface area contributed by atoms with E-state index in [-0.39, 0.29) is 17.7 Å². The average molecular weight is 519 g/mol. The van der Waals surface area contributed by atoms with Gasteiger partial charge >= 0.3 is 5.97 Å². The molecule has 5 aliphatic heterocycles. The number of piperidine rings is 4. The van der Waals surface area contributed by atoms with E-state index in [4.69, 9.17) is 15.3 Å². The van der Waals surface area contributed by atoms with Crippen LogP contribution in [0.2, 0.25) is 0 Å².